The summed E-state index contributed by atoms with van der Waals surface area (Å²) in [5.74, 6) is -1.67. The van der Waals surface area contributed by atoms with Gasteiger partial charge in [0.2, 0.25) is 19.3 Å². The Hall–Kier alpha value is -3.11. The topological polar surface area (TPSA) is 169 Å². The molecule has 0 aliphatic heterocycles. The fourth-order valence-corrected chi connectivity index (χ4v) is 3.47. The molecule has 0 spiro atoms. The molecule has 1 amide bonds. The molecule has 13 heteroatoms. The zero-order chi connectivity index (χ0) is 18.6. The van der Waals surface area contributed by atoms with Crippen LogP contribution in [0.4, 0.5) is 11.0 Å². The summed E-state index contributed by atoms with van der Waals surface area (Å²) in [6.45, 7) is 1.44. The van der Waals surface area contributed by atoms with E-state index in [0.717, 1.165) is 12.1 Å². The van der Waals surface area contributed by atoms with Gasteiger partial charge in [0.15, 0.2) is 0 Å². The van der Waals surface area contributed by atoms with E-state index in [2.05, 4.69) is 15.5 Å². The molecule has 0 aliphatic carbocycles. The van der Waals surface area contributed by atoms with Crippen LogP contribution in [0.25, 0.3) is 6.08 Å². The Morgan fingerprint density at radius 1 is 1.52 bits per heavy atom. The summed E-state index contributed by atoms with van der Waals surface area (Å²) in [5.41, 5.74) is -0.417. The number of hydrogen-bond donors (Lipinski definition) is 1. The van der Waals surface area contributed by atoms with Crippen LogP contribution in [0.3, 0.4) is 0 Å². The minimum Gasteiger partial charge on any atom is -0.401 e. The fourth-order valence-electron chi connectivity index (χ4n) is 1.48. The minimum atomic E-state index is -3.56. The predicted molar refractivity (Wildman–Crippen MR) is 85.2 cm³/mol. The van der Waals surface area contributed by atoms with Crippen LogP contribution in [-0.2, 0) is 14.6 Å². The van der Waals surface area contributed by atoms with Gasteiger partial charge < -0.3 is 4.42 Å². The zero-order valence-corrected chi connectivity index (χ0v) is 14.1. The van der Waals surface area contributed by atoms with Crippen molar-refractivity contribution in [3.05, 3.63) is 33.6 Å². The highest BCUT2D eigenvalue weighted by molar-refractivity contribution is 7.93. The second-order valence-corrected chi connectivity index (χ2v) is 7.76. The molecule has 2 rings (SSSR count). The number of rotatable bonds is 6. The quantitative estimate of drug-likeness (QED) is 0.254. The third-order valence-electron chi connectivity index (χ3n) is 2.72. The molecule has 2 aromatic heterocycles. The van der Waals surface area contributed by atoms with Gasteiger partial charge in [0.25, 0.3) is 5.91 Å². The average Bonchev–Trinajstić information content (AvgIpc) is 3.22. The summed E-state index contributed by atoms with van der Waals surface area (Å²) in [6.07, 6.45) is 1.01. The second-order valence-electron chi connectivity index (χ2n) is 4.33. The molecule has 0 bridgehead atoms. The van der Waals surface area contributed by atoms with E-state index in [9.17, 15) is 23.3 Å². The van der Waals surface area contributed by atoms with Gasteiger partial charge in [-0.1, -0.05) is 18.3 Å². The smallest absolute Gasteiger partial charge is 0.401 e. The maximum Gasteiger partial charge on any atom is 0.433 e. The standard InChI is InChI=1S/C12H9N5O6S2/c1-2-25(21,22)12-16-15-11(24-12)14-10(18)7(6-13)5-8-3-4-9(23-8)17(19)20/h3-5H,2H2,1H3,(H,14,15,18)/b7-5-. The van der Waals surface area contributed by atoms with E-state index in [1.54, 1.807) is 6.07 Å². The Bertz CT molecular complexity index is 997. The summed E-state index contributed by atoms with van der Waals surface area (Å²) in [6, 6.07) is 3.91. The molecule has 0 saturated heterocycles. The summed E-state index contributed by atoms with van der Waals surface area (Å²) < 4.78 is 27.9. The van der Waals surface area contributed by atoms with E-state index in [1.807, 2.05) is 0 Å². The van der Waals surface area contributed by atoms with Gasteiger partial charge in [-0.05, 0) is 6.07 Å². The number of hydrogen-bond acceptors (Lipinski definition) is 10. The van der Waals surface area contributed by atoms with Crippen LogP contribution < -0.4 is 5.32 Å². The fraction of sp³-hybridized carbons (Fsp3) is 0.167. The van der Waals surface area contributed by atoms with E-state index in [4.69, 9.17) is 9.68 Å². The molecule has 11 nitrogen and oxygen atoms in total. The number of carbonyl (C=O) groups excluding carboxylic acids is 1. The van der Waals surface area contributed by atoms with Crippen molar-refractivity contribution in [1.82, 2.24) is 10.2 Å². The van der Waals surface area contributed by atoms with Gasteiger partial charge in [0.1, 0.15) is 22.3 Å². The van der Waals surface area contributed by atoms with Gasteiger partial charge in [0, 0.05) is 6.08 Å². The van der Waals surface area contributed by atoms with Crippen molar-refractivity contribution < 1.29 is 22.6 Å². The normalized spacial score (nSPS) is 11.8. The van der Waals surface area contributed by atoms with E-state index < -0.39 is 32.1 Å². The monoisotopic (exact) mass is 383 g/mol. The number of furan rings is 1. The molecule has 0 aromatic carbocycles. The van der Waals surface area contributed by atoms with Crippen molar-refractivity contribution in [2.45, 2.75) is 11.3 Å². The lowest BCUT2D eigenvalue weighted by molar-refractivity contribution is -0.402. The molecule has 0 fully saturated rings. The van der Waals surface area contributed by atoms with Gasteiger partial charge in [-0.25, -0.2) is 8.42 Å². The van der Waals surface area contributed by atoms with Crippen molar-refractivity contribution in [2.75, 3.05) is 11.1 Å². The number of nitrogens with one attached hydrogen (secondary N) is 1. The minimum absolute atomic E-state index is 0.0649. The largest absolute Gasteiger partial charge is 0.433 e. The SMILES string of the molecule is CCS(=O)(=O)c1nnc(NC(=O)/C(C#N)=C\c2ccc([N+](=O)[O-])o2)s1. The van der Waals surface area contributed by atoms with Crippen molar-refractivity contribution in [3.8, 4) is 6.07 Å². The van der Waals surface area contributed by atoms with Gasteiger partial charge >= 0.3 is 5.88 Å². The summed E-state index contributed by atoms with van der Waals surface area (Å²) in [7, 11) is -3.56. The highest BCUT2D eigenvalue weighted by atomic mass is 32.2. The molecule has 0 radical (unpaired) electrons. The Labute approximate surface area is 144 Å². The highest BCUT2D eigenvalue weighted by Crippen LogP contribution is 2.22. The number of nitro groups is 1. The average molecular weight is 383 g/mol. The lowest BCUT2D eigenvalue weighted by atomic mass is 10.2. The molecule has 2 aromatic rings. The molecule has 25 heavy (non-hydrogen) atoms. The first-order valence-electron chi connectivity index (χ1n) is 6.50. The number of amides is 1. The van der Waals surface area contributed by atoms with E-state index >= 15 is 0 Å². The molecule has 0 unspecified atom stereocenters. The number of nitriles is 1. The van der Waals surface area contributed by atoms with Crippen LogP contribution >= 0.6 is 11.3 Å². The van der Waals surface area contributed by atoms with Crippen LogP contribution in [0.1, 0.15) is 12.7 Å². The Morgan fingerprint density at radius 2 is 2.24 bits per heavy atom. The predicted octanol–water partition coefficient (Wildman–Crippen LogP) is 1.38. The first kappa shape index (κ1) is 18.2. The third-order valence-corrected chi connectivity index (χ3v) is 5.74. The molecular formula is C12H9N5O6S2. The zero-order valence-electron chi connectivity index (χ0n) is 12.5. The summed E-state index contributed by atoms with van der Waals surface area (Å²) in [5, 5.41) is 28.7. The van der Waals surface area contributed by atoms with Gasteiger partial charge in [0.05, 0.1) is 11.8 Å². The van der Waals surface area contributed by atoms with Gasteiger partial charge in [-0.15, -0.1) is 10.2 Å². The maximum absolute atomic E-state index is 12.0. The summed E-state index contributed by atoms with van der Waals surface area (Å²) in [4.78, 5) is 21.8. The lowest BCUT2D eigenvalue weighted by Crippen LogP contribution is -2.13. The third kappa shape index (κ3) is 4.25. The second kappa shape index (κ2) is 7.20. The van der Waals surface area contributed by atoms with E-state index in [1.165, 1.54) is 13.0 Å². The lowest BCUT2D eigenvalue weighted by Gasteiger charge is -1.98. The molecule has 130 valence electrons. The highest BCUT2D eigenvalue weighted by Gasteiger charge is 2.20. The molecule has 0 atom stereocenters. The van der Waals surface area contributed by atoms with Crippen LogP contribution in [-0.4, -0.2) is 35.2 Å². The Kier molecular flexibility index (Phi) is 5.25. The Morgan fingerprint density at radius 3 is 2.80 bits per heavy atom. The van der Waals surface area contributed by atoms with Gasteiger partial charge in [-0.2, -0.15) is 5.26 Å². The number of aromatic nitrogens is 2. The number of carbonyl (C=O) groups is 1. The summed E-state index contributed by atoms with van der Waals surface area (Å²) >= 11 is 0.643. The number of nitrogens with zero attached hydrogens (tertiary/aromatic N) is 4. The van der Waals surface area contributed by atoms with Crippen molar-refractivity contribution in [1.29, 1.82) is 5.26 Å². The molecule has 1 N–H and O–H groups in total. The van der Waals surface area contributed by atoms with E-state index in [-0.39, 0.29) is 21.0 Å². The molecular weight excluding hydrogens is 374 g/mol. The molecule has 0 saturated carbocycles. The number of anilines is 1. The van der Waals surface area contributed by atoms with Crippen molar-refractivity contribution >= 4 is 44.2 Å². The van der Waals surface area contributed by atoms with Crippen LogP contribution in [0.15, 0.2) is 26.5 Å². The molecule has 2 heterocycles. The van der Waals surface area contributed by atoms with Crippen molar-refractivity contribution in [2.24, 2.45) is 0 Å². The van der Waals surface area contributed by atoms with Crippen LogP contribution in [0.5, 0.6) is 0 Å². The van der Waals surface area contributed by atoms with Gasteiger partial charge in [-0.3, -0.25) is 20.2 Å². The van der Waals surface area contributed by atoms with Crippen molar-refractivity contribution in [3.63, 3.8) is 0 Å². The maximum atomic E-state index is 12.0. The number of sulfone groups is 1. The Balaban J connectivity index is 2.19. The van der Waals surface area contributed by atoms with E-state index in [0.29, 0.717) is 11.3 Å². The molecule has 0 aliphatic rings. The van der Waals surface area contributed by atoms with Crippen LogP contribution in [0.2, 0.25) is 0 Å². The first-order chi connectivity index (χ1) is 11.8. The van der Waals surface area contributed by atoms with Crippen LogP contribution in [0, 0.1) is 21.4 Å². The first-order valence-corrected chi connectivity index (χ1v) is 8.97.